The number of rotatable bonds is 46. The van der Waals surface area contributed by atoms with Crippen LogP contribution in [-0.4, -0.2) is 389 Å². The molecule has 3 saturated heterocycles. The van der Waals surface area contributed by atoms with E-state index in [2.05, 4.69) is 56.8 Å². The van der Waals surface area contributed by atoms with Crippen LogP contribution >= 0.6 is 0 Å². The fourth-order valence-electron chi connectivity index (χ4n) is 16.5. The first-order chi connectivity index (χ1) is 64.3. The van der Waals surface area contributed by atoms with Gasteiger partial charge in [0.2, 0.25) is 41.2 Å². The van der Waals surface area contributed by atoms with E-state index in [9.17, 15) is 123 Å². The van der Waals surface area contributed by atoms with Crippen LogP contribution in [0.5, 0.6) is 23.0 Å². The van der Waals surface area contributed by atoms with E-state index < -0.39 is 197 Å². The first-order valence-corrected chi connectivity index (χ1v) is 45.2. The van der Waals surface area contributed by atoms with E-state index >= 15 is 0 Å². The first-order valence-electron chi connectivity index (χ1n) is 45.2. The largest absolute Gasteiger partial charge is 0.508 e. The maximum Gasteiger partial charge on any atom is 0.320 e. The van der Waals surface area contributed by atoms with Crippen molar-refractivity contribution in [3.63, 3.8) is 0 Å². The molecule has 6 aromatic rings. The van der Waals surface area contributed by atoms with Gasteiger partial charge in [-0.05, 0) is 90.8 Å². The van der Waals surface area contributed by atoms with Crippen LogP contribution in [0.2, 0.25) is 0 Å². The number of ketones is 3. The predicted molar refractivity (Wildman–Crippen MR) is 485 cm³/mol. The molecule has 16 N–H and O–H groups in total. The van der Waals surface area contributed by atoms with Crippen LogP contribution in [0.15, 0.2) is 72.8 Å². The fraction of sp³-hybridized carbons (Fsp3) is 0.538. The highest BCUT2D eigenvalue weighted by atomic mass is 16.4. The summed E-state index contributed by atoms with van der Waals surface area (Å²) in [4.78, 5) is 201. The lowest BCUT2D eigenvalue weighted by Crippen LogP contribution is -2.52. The van der Waals surface area contributed by atoms with Gasteiger partial charge in [-0.3, -0.25) is 106 Å². The molecule has 0 spiro atoms. The standard InChI is InChI=1S/C91H125N19O25/c1-8-92-88(131)84-99-97-82(66-41-64(54(3)4)71(115)44-73(66)117)109(84)61-14-10-57(11-15-61)46-101-28-34-107(35-29-101)78(122)43-68(75(119)38-56(7)90(133)108-36-30-102(31-37-108)47-58-12-16-62(17-13-58)110-83(98-100-85(110)89(132)93-9-2)67-42-65(55(5)6)72(116)45-74(67)118)95-77(121)20-21-94-86(129)60(52-112)40-76(120)69(53-113)96-87(130)59(51-111)39-63(114)18-19-70(91(134)135)106-32-26-104(49-80(125)126)24-22-103(48-79(123)124)23-25-105(27-33-106)50-81(127)128/h10-17,41-42,44-45,54-56,59-60,68-70,111-113,115-118H,8-9,18-40,43,46-53H2,1-7H3,(H,92,131)(H,93,132)(H,94,129)(H,95,121)(H,96,130)(H,123,124)(H,125,126)(H,127,128)(H,134,135)/t56-,59-,60-,68-,69-,70+/m0/s1. The Morgan fingerprint density at radius 2 is 0.837 bits per heavy atom. The molecule has 2 aromatic heterocycles. The van der Waals surface area contributed by atoms with E-state index in [1.165, 1.54) is 40.9 Å². The van der Waals surface area contributed by atoms with E-state index in [-0.39, 0.29) is 167 Å². The Labute approximate surface area is 779 Å². The molecule has 44 heteroatoms. The Hall–Kier alpha value is -12.8. The van der Waals surface area contributed by atoms with Crippen LogP contribution in [0, 0.1) is 17.8 Å². The Morgan fingerprint density at radius 3 is 1.24 bits per heavy atom. The van der Waals surface area contributed by atoms with Gasteiger partial charge in [-0.2, -0.15) is 0 Å². The third-order valence-corrected chi connectivity index (χ3v) is 24.1. The summed E-state index contributed by atoms with van der Waals surface area (Å²) in [5, 5.41) is 144. The number of phenols is 4. The molecule has 9 rings (SSSR count). The predicted octanol–water partition coefficient (Wildman–Crippen LogP) is 0.0370. The number of Topliss-reactive ketones (excluding diaryl/α,β-unsaturated/α-hetero) is 3. The summed E-state index contributed by atoms with van der Waals surface area (Å²) in [6, 6.07) is 15.5. The molecule has 734 valence electrons. The Morgan fingerprint density at radius 1 is 0.422 bits per heavy atom. The number of nitrogens with zero attached hydrogens (tertiary/aromatic N) is 14. The molecule has 6 atom stereocenters. The van der Waals surface area contributed by atoms with Crippen LogP contribution in [-0.2, 0) is 70.6 Å². The molecule has 3 aliphatic heterocycles. The number of hydrogen-bond donors (Lipinski definition) is 16. The normalized spacial score (nSPS) is 16.2. The zero-order chi connectivity index (χ0) is 98.6. The van der Waals surface area contributed by atoms with E-state index in [0.717, 1.165) is 11.1 Å². The number of aliphatic hydroxyl groups excluding tert-OH is 3. The molecule has 44 nitrogen and oxygen atoms in total. The van der Waals surface area contributed by atoms with E-state index in [4.69, 9.17) is 0 Å². The SMILES string of the molecule is CCNC(=O)c1nnc(-c2cc(C(C)C)c(O)cc2O)n1-c1ccc(CN2CCN(C(=O)C[C@H](NC(=O)CCNC(=O)[C@H](CO)CC(=O)[C@H](CO)NC(=O)[C@H](CO)CC(=O)CC[C@H](C(=O)O)N3CCN(CC(=O)O)CCN(CC(=O)O)CCN(CC(=O)O)CC3)C(=O)C[C@H](C)C(=O)N3CCN(Cc4ccc(-n5c(C(=O)NCC)nnc5-c5cc(C(C)C)c(O)cc5O)cc4)CC3)CC2)cc1. The molecule has 7 amide bonds. The number of carboxylic acid groups (broad SMARTS) is 4. The Kier molecular flexibility index (Phi) is 39.6. The molecule has 4 aromatic carbocycles. The van der Waals surface area contributed by atoms with Gasteiger partial charge in [-0.25, -0.2) is 0 Å². The number of carbonyl (C=O) groups excluding carboxylic acids is 10. The van der Waals surface area contributed by atoms with Gasteiger partial charge < -0.3 is 92.6 Å². The number of phenolic OH excluding ortho intramolecular Hbond substituents is 4. The summed E-state index contributed by atoms with van der Waals surface area (Å²) in [5.41, 5.74) is 4.28. The number of aromatic nitrogens is 6. The average Bonchev–Trinajstić information content (AvgIpc) is 1.65. The van der Waals surface area contributed by atoms with Crippen molar-refractivity contribution in [1.82, 2.24) is 95.3 Å². The maximum atomic E-state index is 14.7. The number of benzene rings is 4. The highest BCUT2D eigenvalue weighted by Crippen LogP contribution is 2.41. The van der Waals surface area contributed by atoms with Crippen molar-refractivity contribution in [1.29, 1.82) is 0 Å². The minimum atomic E-state index is -1.76. The summed E-state index contributed by atoms with van der Waals surface area (Å²) in [7, 11) is 0. The average molecular weight is 1890 g/mol. The molecule has 0 bridgehead atoms. The van der Waals surface area contributed by atoms with Gasteiger partial charge >= 0.3 is 23.9 Å². The Bertz CT molecular complexity index is 5130. The number of piperazine rings is 2. The van der Waals surface area contributed by atoms with Crippen molar-refractivity contribution in [2.45, 2.75) is 136 Å². The zero-order valence-corrected chi connectivity index (χ0v) is 77.0. The zero-order valence-electron chi connectivity index (χ0n) is 77.0. The van der Waals surface area contributed by atoms with Gasteiger partial charge in [0.25, 0.3) is 11.8 Å². The van der Waals surface area contributed by atoms with Crippen LogP contribution in [0.1, 0.15) is 149 Å². The van der Waals surface area contributed by atoms with Gasteiger partial charge in [0.15, 0.2) is 23.2 Å². The second-order valence-corrected chi connectivity index (χ2v) is 34.6. The minimum Gasteiger partial charge on any atom is -0.508 e. The highest BCUT2D eigenvalue weighted by Gasteiger charge is 2.38. The quantitative estimate of drug-likeness (QED) is 0.0240. The van der Waals surface area contributed by atoms with Crippen LogP contribution in [0.4, 0.5) is 0 Å². The Balaban J connectivity index is 0.816. The van der Waals surface area contributed by atoms with Gasteiger partial charge in [-0.1, -0.05) is 58.9 Å². The monoisotopic (exact) mass is 1880 g/mol. The van der Waals surface area contributed by atoms with Crippen LogP contribution < -0.4 is 26.6 Å². The lowest BCUT2D eigenvalue weighted by Gasteiger charge is -2.36. The lowest BCUT2D eigenvalue weighted by atomic mass is 9.95. The molecule has 0 saturated carbocycles. The number of carbonyl (C=O) groups is 14. The van der Waals surface area contributed by atoms with E-state index in [1.54, 1.807) is 67.0 Å². The molecular formula is C91H125N19O25. The molecule has 3 fully saturated rings. The third kappa shape index (κ3) is 29.8. The van der Waals surface area contributed by atoms with Gasteiger partial charge in [0.1, 0.15) is 40.9 Å². The second kappa shape index (κ2) is 50.5. The van der Waals surface area contributed by atoms with Crippen LogP contribution in [0.3, 0.4) is 0 Å². The topological polar surface area (TPSA) is 609 Å². The molecule has 3 aliphatic rings. The number of aliphatic hydroxyl groups is 3. The number of aliphatic carboxylic acids is 4. The van der Waals surface area contributed by atoms with Gasteiger partial charge in [0.05, 0.1) is 74.9 Å². The number of hydrogen-bond acceptors (Lipinski definition) is 31. The molecule has 5 heterocycles. The minimum absolute atomic E-state index is 0.0326. The molecule has 135 heavy (non-hydrogen) atoms. The molecule has 0 radical (unpaired) electrons. The number of aromatic hydroxyl groups is 4. The second-order valence-electron chi connectivity index (χ2n) is 34.6. The summed E-state index contributed by atoms with van der Waals surface area (Å²) < 4.78 is 3.04. The third-order valence-electron chi connectivity index (χ3n) is 24.1. The number of amides is 7. The van der Waals surface area contributed by atoms with E-state index in [0.29, 0.717) is 68.3 Å². The van der Waals surface area contributed by atoms with Gasteiger partial charge in [-0.15, -0.1) is 20.4 Å². The summed E-state index contributed by atoms with van der Waals surface area (Å²) in [5.74, 6) is -16.9. The van der Waals surface area contributed by atoms with Crippen molar-refractivity contribution in [3.05, 3.63) is 107 Å². The van der Waals surface area contributed by atoms with E-state index in [1.807, 2.05) is 52.0 Å². The molecule has 0 aliphatic carbocycles. The van der Waals surface area contributed by atoms with Crippen molar-refractivity contribution < 1.29 is 123 Å². The maximum absolute atomic E-state index is 14.7. The van der Waals surface area contributed by atoms with Crippen molar-refractivity contribution in [3.8, 4) is 57.1 Å². The van der Waals surface area contributed by atoms with Crippen LogP contribution in [0.25, 0.3) is 34.2 Å². The van der Waals surface area contributed by atoms with Crippen molar-refractivity contribution in [2.24, 2.45) is 17.8 Å². The summed E-state index contributed by atoms with van der Waals surface area (Å²) in [6.45, 7) is 11.8. The number of nitrogens with one attached hydrogen (secondary N) is 5. The highest BCUT2D eigenvalue weighted by molar-refractivity contribution is 5.97. The fourth-order valence-corrected chi connectivity index (χ4v) is 16.5. The number of carboxylic acids is 4. The van der Waals surface area contributed by atoms with Crippen molar-refractivity contribution in [2.75, 3.05) is 164 Å². The van der Waals surface area contributed by atoms with Crippen molar-refractivity contribution >= 4 is 82.6 Å². The summed E-state index contributed by atoms with van der Waals surface area (Å²) >= 11 is 0. The molecule has 0 unspecified atom stereocenters. The van der Waals surface area contributed by atoms with Gasteiger partial charge in [0, 0.05) is 199 Å². The summed E-state index contributed by atoms with van der Waals surface area (Å²) in [6.07, 6.45) is -3.81. The lowest BCUT2D eigenvalue weighted by molar-refractivity contribution is -0.145. The molecular weight excluding hydrogens is 1760 g/mol. The first kappa shape index (κ1) is 106. The smallest absolute Gasteiger partial charge is 0.320 e.